The number of nitrogens with two attached hydrogens (primary N) is 1. The Morgan fingerprint density at radius 1 is 1.31 bits per heavy atom. The van der Waals surface area contributed by atoms with Crippen molar-refractivity contribution in [1.82, 2.24) is 35.7 Å². The van der Waals surface area contributed by atoms with Gasteiger partial charge >= 0.3 is 0 Å². The Balaban J connectivity index is 1.39. The number of para-hydroxylation sites is 1. The maximum absolute atomic E-state index is 12.9. The molecule has 1 aromatic carbocycles. The van der Waals surface area contributed by atoms with Crippen LogP contribution < -0.4 is 16.1 Å². The van der Waals surface area contributed by atoms with Gasteiger partial charge in [0.15, 0.2) is 5.69 Å². The summed E-state index contributed by atoms with van der Waals surface area (Å²) >= 11 is 0. The molecule has 1 saturated heterocycles. The Kier molecular flexibility index (Phi) is 5.31. The zero-order valence-electron chi connectivity index (χ0n) is 17.0. The molecule has 13 nitrogen and oxygen atoms in total. The van der Waals surface area contributed by atoms with E-state index in [1.807, 2.05) is 30.5 Å². The fraction of sp³-hybridized carbons (Fsp3) is 0.263. The van der Waals surface area contributed by atoms with Gasteiger partial charge in [0.1, 0.15) is 25.3 Å². The number of ether oxygens (including phenoxy) is 1. The van der Waals surface area contributed by atoms with E-state index in [1.165, 1.54) is 9.58 Å². The van der Waals surface area contributed by atoms with Gasteiger partial charge in [-0.25, -0.2) is 10.1 Å². The maximum atomic E-state index is 12.9. The van der Waals surface area contributed by atoms with Gasteiger partial charge in [0.2, 0.25) is 11.6 Å². The lowest BCUT2D eigenvalue weighted by Gasteiger charge is -2.23. The standard InChI is InChI=1S/C19H20N10O3/c20-17-18(26-32-25-17)29-15(11-28-5-7-31-8-6-28)16(23-27-29)19(30)24-22-10-12-9-21-14-4-2-1-3-13(12)14/h1-4,9-10,21H,5-8,11H2,(H2,20,25)(H,24,30)/p+1/b22-10+. The number of aromatic amines is 1. The van der Waals surface area contributed by atoms with Gasteiger partial charge in [0.25, 0.3) is 5.91 Å². The van der Waals surface area contributed by atoms with Crippen LogP contribution in [0.2, 0.25) is 0 Å². The van der Waals surface area contributed by atoms with Gasteiger partial charge in [-0.1, -0.05) is 23.4 Å². The van der Waals surface area contributed by atoms with Crippen molar-refractivity contribution in [2.45, 2.75) is 6.54 Å². The van der Waals surface area contributed by atoms with E-state index in [2.05, 4.69) is 40.8 Å². The highest BCUT2D eigenvalue weighted by Gasteiger charge is 2.28. The first-order valence-corrected chi connectivity index (χ1v) is 10.0. The summed E-state index contributed by atoms with van der Waals surface area (Å²) in [6, 6.07) is 7.82. The largest absolute Gasteiger partial charge is 0.378 e. The predicted octanol–water partition coefficient (Wildman–Crippen LogP) is -1.11. The van der Waals surface area contributed by atoms with Crippen LogP contribution in [0.4, 0.5) is 5.82 Å². The van der Waals surface area contributed by atoms with Crippen LogP contribution in [0.1, 0.15) is 21.7 Å². The summed E-state index contributed by atoms with van der Waals surface area (Å²) in [5.74, 6) is -0.260. The Morgan fingerprint density at radius 2 is 2.16 bits per heavy atom. The third kappa shape index (κ3) is 3.81. The van der Waals surface area contributed by atoms with E-state index in [9.17, 15) is 4.79 Å². The van der Waals surface area contributed by atoms with Crippen LogP contribution in [-0.2, 0) is 11.3 Å². The molecule has 4 heterocycles. The molecule has 0 unspecified atom stereocenters. The second kappa shape index (κ2) is 8.56. The molecule has 1 amide bonds. The van der Waals surface area contributed by atoms with Crippen molar-refractivity contribution in [2.75, 3.05) is 32.0 Å². The van der Waals surface area contributed by atoms with Gasteiger partial charge in [0, 0.05) is 22.7 Å². The van der Waals surface area contributed by atoms with Crippen LogP contribution in [0.5, 0.6) is 0 Å². The van der Waals surface area contributed by atoms with Gasteiger partial charge in [-0.2, -0.15) is 9.78 Å². The SMILES string of the molecule is Nc1nonc1-n1nnc(C(=O)N/N=C/c2c[nH]c3ccccc23)c1C[NH+]1CCOCC1. The molecule has 1 aliphatic heterocycles. The molecule has 1 fully saturated rings. The third-order valence-electron chi connectivity index (χ3n) is 5.28. The lowest BCUT2D eigenvalue weighted by molar-refractivity contribution is -0.921. The quantitative estimate of drug-likeness (QED) is 0.218. The minimum absolute atomic E-state index is 0.0532. The van der Waals surface area contributed by atoms with Crippen LogP contribution in [0.15, 0.2) is 40.2 Å². The molecule has 0 spiro atoms. The topological polar surface area (TPSA) is 167 Å². The number of hydrogen-bond donors (Lipinski definition) is 4. The number of nitrogen functional groups attached to an aromatic ring is 1. The number of morpholine rings is 1. The minimum Gasteiger partial charge on any atom is -0.378 e. The number of nitrogens with zero attached hydrogens (tertiary/aromatic N) is 6. The van der Waals surface area contributed by atoms with Crippen LogP contribution in [0.3, 0.4) is 0 Å². The molecule has 0 saturated carbocycles. The lowest BCUT2D eigenvalue weighted by atomic mass is 10.2. The van der Waals surface area contributed by atoms with E-state index in [4.69, 9.17) is 10.5 Å². The summed E-state index contributed by atoms with van der Waals surface area (Å²) in [5, 5.41) is 20.6. The number of hydrogen-bond acceptors (Lipinski definition) is 9. The normalized spacial score (nSPS) is 15.0. The average molecular weight is 437 g/mol. The number of H-pyrrole nitrogens is 1. The highest BCUT2D eigenvalue weighted by atomic mass is 16.6. The number of aromatic nitrogens is 6. The van der Waals surface area contributed by atoms with E-state index in [1.54, 1.807) is 6.21 Å². The molecule has 164 valence electrons. The molecule has 5 N–H and O–H groups in total. The molecule has 0 aliphatic carbocycles. The first-order chi connectivity index (χ1) is 15.7. The van der Waals surface area contributed by atoms with Crippen molar-refractivity contribution >= 4 is 28.8 Å². The Bertz CT molecular complexity index is 1270. The second-order valence-electron chi connectivity index (χ2n) is 7.30. The molecular formula is C19H21N10O3+. The zero-order chi connectivity index (χ0) is 21.9. The average Bonchev–Trinajstić information content (AvgIpc) is 3.53. The number of anilines is 1. The number of fused-ring (bicyclic) bond motifs is 1. The maximum Gasteiger partial charge on any atom is 0.294 e. The number of benzene rings is 1. The van der Waals surface area contributed by atoms with Gasteiger partial charge in [0.05, 0.1) is 19.4 Å². The van der Waals surface area contributed by atoms with Crippen molar-refractivity contribution < 1.29 is 19.1 Å². The fourth-order valence-corrected chi connectivity index (χ4v) is 3.63. The van der Waals surface area contributed by atoms with Crippen LogP contribution in [0, 0.1) is 0 Å². The lowest BCUT2D eigenvalue weighted by Crippen LogP contribution is -3.12. The molecular weight excluding hydrogens is 416 g/mol. The van der Waals surface area contributed by atoms with Crippen molar-refractivity contribution in [3.05, 3.63) is 47.4 Å². The number of quaternary nitrogens is 1. The molecule has 0 atom stereocenters. The highest BCUT2D eigenvalue weighted by molar-refractivity contribution is 6.00. The summed E-state index contributed by atoms with van der Waals surface area (Å²) in [5.41, 5.74) is 10.9. The Labute approximate surface area is 181 Å². The number of carbonyl (C=O) groups is 1. The molecule has 0 radical (unpaired) electrons. The van der Waals surface area contributed by atoms with E-state index >= 15 is 0 Å². The summed E-state index contributed by atoms with van der Waals surface area (Å²) < 4.78 is 11.5. The second-order valence-corrected chi connectivity index (χ2v) is 7.30. The monoisotopic (exact) mass is 437 g/mol. The molecule has 1 aliphatic rings. The zero-order valence-corrected chi connectivity index (χ0v) is 17.0. The number of carbonyl (C=O) groups excluding carboxylic acids is 1. The number of nitrogens with one attached hydrogen (secondary N) is 3. The molecule has 32 heavy (non-hydrogen) atoms. The number of rotatable bonds is 6. The Morgan fingerprint density at radius 3 is 2.97 bits per heavy atom. The summed E-state index contributed by atoms with van der Waals surface area (Å²) in [6.45, 7) is 3.33. The van der Waals surface area contributed by atoms with Crippen molar-refractivity contribution in [2.24, 2.45) is 5.10 Å². The van der Waals surface area contributed by atoms with Crippen LogP contribution >= 0.6 is 0 Å². The van der Waals surface area contributed by atoms with Gasteiger partial charge in [-0.3, -0.25) is 4.79 Å². The van der Waals surface area contributed by atoms with E-state index < -0.39 is 5.91 Å². The van der Waals surface area contributed by atoms with E-state index in [0.29, 0.717) is 25.5 Å². The first kappa shape index (κ1) is 19.8. The summed E-state index contributed by atoms with van der Waals surface area (Å²) in [4.78, 5) is 17.3. The van der Waals surface area contributed by atoms with Crippen molar-refractivity contribution in [1.29, 1.82) is 0 Å². The third-order valence-corrected chi connectivity index (χ3v) is 5.28. The molecule has 0 bridgehead atoms. The van der Waals surface area contributed by atoms with Gasteiger partial charge < -0.3 is 20.4 Å². The summed E-state index contributed by atoms with van der Waals surface area (Å²) in [6.07, 6.45) is 3.40. The molecule has 13 heteroatoms. The number of hydrazone groups is 1. The Hall–Kier alpha value is -4.10. The first-order valence-electron chi connectivity index (χ1n) is 10.0. The number of amides is 1. The highest BCUT2D eigenvalue weighted by Crippen LogP contribution is 2.16. The molecule has 3 aromatic heterocycles. The molecule has 4 aromatic rings. The van der Waals surface area contributed by atoms with Crippen LogP contribution in [-0.4, -0.2) is 68.7 Å². The van der Waals surface area contributed by atoms with Crippen molar-refractivity contribution in [3.8, 4) is 5.82 Å². The molecule has 5 rings (SSSR count). The van der Waals surface area contributed by atoms with Gasteiger partial charge in [-0.15, -0.1) is 5.10 Å². The van der Waals surface area contributed by atoms with E-state index in [-0.39, 0.29) is 17.3 Å². The van der Waals surface area contributed by atoms with Crippen molar-refractivity contribution in [3.63, 3.8) is 0 Å². The van der Waals surface area contributed by atoms with Crippen LogP contribution in [0.25, 0.3) is 16.7 Å². The fourth-order valence-electron chi connectivity index (χ4n) is 3.63. The summed E-state index contributed by atoms with van der Waals surface area (Å²) in [7, 11) is 0. The minimum atomic E-state index is -0.495. The smallest absolute Gasteiger partial charge is 0.294 e. The predicted molar refractivity (Wildman–Crippen MR) is 112 cm³/mol. The van der Waals surface area contributed by atoms with Gasteiger partial charge in [-0.05, 0) is 16.4 Å². The van der Waals surface area contributed by atoms with E-state index in [0.717, 1.165) is 29.6 Å².